The Kier molecular flexibility index (Phi) is 17.6. The Balaban J connectivity index is 0.00000391. The summed E-state index contributed by atoms with van der Waals surface area (Å²) < 4.78 is 84.7. The smallest absolute Gasteiger partial charge is 0.748 e. The van der Waals surface area contributed by atoms with Crippen LogP contribution in [0.25, 0.3) is 21.5 Å². The summed E-state index contributed by atoms with van der Waals surface area (Å²) in [6.07, 6.45) is 9.23. The van der Waals surface area contributed by atoms with Crippen LogP contribution in [0.15, 0.2) is 112 Å². The molecule has 0 unspecified atom stereocenters. The van der Waals surface area contributed by atoms with Crippen molar-refractivity contribution >= 4 is 77.0 Å². The molecule has 1 aliphatic carbocycles. The molecule has 69 heavy (non-hydrogen) atoms. The van der Waals surface area contributed by atoms with E-state index in [1.807, 2.05) is 65.3 Å². The Morgan fingerprint density at radius 3 is 1.71 bits per heavy atom. The molecule has 4 aliphatic rings. The van der Waals surface area contributed by atoms with Gasteiger partial charge in [-0.3, -0.25) is 9.94 Å². The van der Waals surface area contributed by atoms with Crippen LogP contribution in [0, 0.1) is 6.92 Å². The Hall–Kier alpha value is -3.05. The summed E-state index contributed by atoms with van der Waals surface area (Å²) >= 11 is 0.788. The number of fused-ring (bicyclic) bond motifs is 6. The van der Waals surface area contributed by atoms with E-state index in [9.17, 15) is 36.0 Å². The molecule has 4 aromatic rings. The van der Waals surface area contributed by atoms with Gasteiger partial charge < -0.3 is 28.9 Å². The van der Waals surface area contributed by atoms with Gasteiger partial charge in [0, 0.05) is 62.7 Å². The number of aryl methyl sites for hydroxylation is 1. The van der Waals surface area contributed by atoms with Crippen molar-refractivity contribution in [1.82, 2.24) is 4.90 Å². The van der Waals surface area contributed by atoms with Crippen molar-refractivity contribution in [1.29, 1.82) is 0 Å². The van der Waals surface area contributed by atoms with Crippen LogP contribution in [-0.2, 0) is 45.2 Å². The Bertz CT molecular complexity index is 3050. The van der Waals surface area contributed by atoms with Gasteiger partial charge >= 0.3 is 65.2 Å². The maximum Gasteiger partial charge on any atom is 1.00 e. The number of carbonyl (C=O) groups excluding carboxylic acids is 1. The minimum Gasteiger partial charge on any atom is -0.748 e. The normalized spacial score (nSPS) is 20.0. The third-order valence-electron chi connectivity index (χ3n) is 13.4. The first-order valence-corrected chi connectivity index (χ1v) is 26.1. The predicted octanol–water partition coefficient (Wildman–Crippen LogP) is 0.866. The molecular weight excluding hydrogens is 963 g/mol. The number of anilines is 2. The SMILES string of the molecule is CCOC(=O)N1CC[N+](=C2C(=C/C=C3/N(CCS(=O)(=O)[O-])c4ccc5cc(C)ccc5c4C3(C)C)CCC2=C/C=C2/N(CCS(=O)(=O)[O-])c3ccc4cc(SOO[O-])ccc4c3C2(C)C)CC1.[Na+].[Na+]. The summed E-state index contributed by atoms with van der Waals surface area (Å²) in [7, 11) is -9.10. The molecule has 3 heterocycles. The fourth-order valence-corrected chi connectivity index (χ4v) is 11.6. The monoisotopic (exact) mass is 1020 g/mol. The van der Waals surface area contributed by atoms with E-state index in [0.29, 0.717) is 43.9 Å². The molecule has 1 saturated carbocycles. The topological polar surface area (TPSA) is 195 Å². The largest absolute Gasteiger partial charge is 1.00 e. The zero-order valence-electron chi connectivity index (χ0n) is 40.4. The van der Waals surface area contributed by atoms with Crippen molar-refractivity contribution in [3.63, 3.8) is 0 Å². The number of piperazine rings is 1. The summed E-state index contributed by atoms with van der Waals surface area (Å²) in [6, 6.07) is 19.8. The van der Waals surface area contributed by atoms with Crippen LogP contribution in [0.2, 0.25) is 0 Å². The molecule has 1 amide bonds. The molecule has 1 saturated heterocycles. The number of allylic oxidation sites excluding steroid dienone is 8. The zero-order chi connectivity index (χ0) is 48.1. The second-order valence-electron chi connectivity index (χ2n) is 18.3. The van der Waals surface area contributed by atoms with Crippen LogP contribution in [0.4, 0.5) is 16.2 Å². The van der Waals surface area contributed by atoms with E-state index >= 15 is 0 Å². The van der Waals surface area contributed by atoms with E-state index in [4.69, 9.17) is 4.74 Å². The molecule has 0 N–H and O–H groups in total. The molecule has 0 aromatic heterocycles. The fourth-order valence-electron chi connectivity index (χ4n) is 10.4. The summed E-state index contributed by atoms with van der Waals surface area (Å²) in [6.45, 7) is 14.4. The van der Waals surface area contributed by atoms with Gasteiger partial charge in [0.1, 0.15) is 0 Å². The molecule has 20 heteroatoms. The quantitative estimate of drug-likeness (QED) is 0.0485. The van der Waals surface area contributed by atoms with Gasteiger partial charge in [0.2, 0.25) is 5.71 Å². The molecule has 0 bridgehead atoms. The number of benzene rings is 4. The number of carbonyl (C=O) groups is 1. The summed E-state index contributed by atoms with van der Waals surface area (Å²) in [5.74, 6) is -1.17. The Labute approximate surface area is 453 Å². The van der Waals surface area contributed by atoms with Crippen LogP contribution in [0.1, 0.15) is 64.2 Å². The van der Waals surface area contributed by atoms with Crippen molar-refractivity contribution in [2.75, 3.05) is 67.2 Å². The van der Waals surface area contributed by atoms with E-state index in [-0.39, 0.29) is 84.9 Å². The van der Waals surface area contributed by atoms with Gasteiger partial charge in [-0.05, 0) is 95.8 Å². The molecule has 0 atom stereocenters. The zero-order valence-corrected chi connectivity index (χ0v) is 46.8. The van der Waals surface area contributed by atoms with Crippen molar-refractivity contribution in [2.24, 2.45) is 0 Å². The van der Waals surface area contributed by atoms with Crippen LogP contribution < -0.4 is 74.2 Å². The van der Waals surface area contributed by atoms with Gasteiger partial charge in [0.25, 0.3) is 0 Å². The van der Waals surface area contributed by atoms with Crippen molar-refractivity contribution in [2.45, 2.75) is 70.1 Å². The third kappa shape index (κ3) is 11.6. The van der Waals surface area contributed by atoms with Gasteiger partial charge in [0.05, 0.1) is 63.5 Å². The molecule has 0 radical (unpaired) electrons. The van der Waals surface area contributed by atoms with Crippen molar-refractivity contribution < 1.29 is 114 Å². The Morgan fingerprint density at radius 1 is 0.739 bits per heavy atom. The predicted molar refractivity (Wildman–Crippen MR) is 256 cm³/mol. The van der Waals surface area contributed by atoms with Crippen LogP contribution in [0.3, 0.4) is 0 Å². The molecule has 0 spiro atoms. The molecule has 356 valence electrons. The number of ether oxygens (including phenoxy) is 1. The van der Waals surface area contributed by atoms with E-state index in [2.05, 4.69) is 78.1 Å². The molecule has 15 nitrogen and oxygen atoms in total. The summed E-state index contributed by atoms with van der Waals surface area (Å²) in [5.41, 5.74) is 8.26. The van der Waals surface area contributed by atoms with Gasteiger partial charge in [0.15, 0.2) is 13.1 Å². The first kappa shape index (κ1) is 55.3. The average Bonchev–Trinajstić information content (AvgIpc) is 3.85. The van der Waals surface area contributed by atoms with Gasteiger partial charge in [-0.15, -0.1) is 0 Å². The minimum absolute atomic E-state index is 0. The first-order chi connectivity index (χ1) is 31.7. The second-order valence-corrected chi connectivity index (χ2v) is 22.2. The number of hydrogen-bond acceptors (Lipinski definition) is 14. The minimum atomic E-state index is -4.57. The van der Waals surface area contributed by atoms with E-state index in [1.54, 1.807) is 11.8 Å². The molecule has 2 fully saturated rings. The van der Waals surface area contributed by atoms with Gasteiger partial charge in [-0.25, -0.2) is 26.2 Å². The Morgan fingerprint density at radius 2 is 1.23 bits per heavy atom. The van der Waals surface area contributed by atoms with Crippen molar-refractivity contribution in [3.05, 3.63) is 124 Å². The second kappa shape index (κ2) is 22.0. The van der Waals surface area contributed by atoms with Crippen LogP contribution in [0.5, 0.6) is 0 Å². The maximum atomic E-state index is 12.8. The number of hydrogen-bond donors (Lipinski definition) is 0. The van der Waals surface area contributed by atoms with E-state index < -0.39 is 42.6 Å². The number of rotatable bonds is 12. The average molecular weight is 1020 g/mol. The summed E-state index contributed by atoms with van der Waals surface area (Å²) in [5, 5.41) is 18.0. The van der Waals surface area contributed by atoms with E-state index in [0.717, 1.165) is 89.9 Å². The molecule has 3 aliphatic heterocycles. The number of nitrogens with zero attached hydrogens (tertiary/aromatic N) is 4. The van der Waals surface area contributed by atoms with Gasteiger partial charge in [-0.2, -0.15) is 4.33 Å². The molecule has 8 rings (SSSR count). The summed E-state index contributed by atoms with van der Waals surface area (Å²) in [4.78, 5) is 19.0. The van der Waals surface area contributed by atoms with Gasteiger partial charge in [-0.1, -0.05) is 81.8 Å². The fraction of sp³-hybridized carbons (Fsp3) is 0.388. The van der Waals surface area contributed by atoms with Crippen LogP contribution >= 0.6 is 12.0 Å². The number of amides is 1. The third-order valence-corrected chi connectivity index (χ3v) is 15.3. The maximum absolute atomic E-state index is 12.8. The standard InChI is InChI=1S/C49H56N4O11S3.2Na/c1-7-62-47(54)51-24-22-50(23-25-51)46-33(13-20-42-48(3,4)44-38-16-8-32(2)30-35(38)11-18-40(44)52(42)26-28-66(56,57)58)9-10-34(46)14-21-43-49(5,6)45-39-17-15-37(65-64-63-55)31-36(39)12-19-41(45)53(43)27-29-67(59,60)61;;/h8,11-21,30-31H,7,9-10,22-29H2,1-6H3,(H2-,55,56,57,58,59,60,61);;/q;2*+1/p-2. The van der Waals surface area contributed by atoms with E-state index in [1.165, 1.54) is 0 Å². The first-order valence-electron chi connectivity index (χ1n) is 22.3. The van der Waals surface area contributed by atoms with Crippen LogP contribution in [-0.4, -0.2) is 105 Å². The molecular formula is C49H54N4Na2O11S3. The molecule has 4 aromatic carbocycles. The van der Waals surface area contributed by atoms with Crippen molar-refractivity contribution in [3.8, 4) is 0 Å².